The summed E-state index contributed by atoms with van der Waals surface area (Å²) in [4.78, 5) is 24.6. The molecule has 3 rings (SSSR count). The normalized spacial score (nSPS) is 11.7. The smallest absolute Gasteiger partial charge is 0.293 e. The number of rotatable bonds is 8. The Hall–Kier alpha value is -3.75. The molecule has 0 bridgehead atoms. The molecule has 0 aliphatic carbocycles. The number of ether oxygens (including phenoxy) is 3. The zero-order chi connectivity index (χ0) is 20.3. The van der Waals surface area contributed by atoms with Crippen molar-refractivity contribution >= 4 is 34.4 Å². The monoisotopic (exact) mass is 385 g/mol. The van der Waals surface area contributed by atoms with E-state index in [0.717, 1.165) is 0 Å². The minimum atomic E-state index is -0.596. The summed E-state index contributed by atoms with van der Waals surface area (Å²) in [7, 11) is 3.06. The van der Waals surface area contributed by atoms with E-state index < -0.39 is 11.0 Å². The van der Waals surface area contributed by atoms with Crippen molar-refractivity contribution in [3.8, 4) is 11.5 Å². The van der Waals surface area contributed by atoms with Crippen LogP contribution in [0.15, 0.2) is 36.5 Å². The second-order valence-corrected chi connectivity index (χ2v) is 5.92. The lowest BCUT2D eigenvalue weighted by Gasteiger charge is -2.16. The minimum absolute atomic E-state index is 0.0808. The highest BCUT2D eigenvalue weighted by atomic mass is 16.6. The van der Waals surface area contributed by atoms with Crippen LogP contribution in [0, 0.1) is 10.1 Å². The Morgan fingerprint density at radius 2 is 1.96 bits per heavy atom. The highest BCUT2D eigenvalue weighted by Crippen LogP contribution is 2.41. The zero-order valence-corrected chi connectivity index (χ0v) is 15.5. The van der Waals surface area contributed by atoms with Crippen LogP contribution in [0.25, 0.3) is 10.9 Å². The largest absolute Gasteiger partial charge is 0.493 e. The van der Waals surface area contributed by atoms with Crippen LogP contribution in [-0.2, 0) is 9.53 Å². The van der Waals surface area contributed by atoms with Gasteiger partial charge in [0.2, 0.25) is 0 Å². The Morgan fingerprint density at radius 3 is 2.61 bits per heavy atom. The molecule has 2 N–H and O–H groups in total. The summed E-state index contributed by atoms with van der Waals surface area (Å²) in [6, 6.07) is 8.36. The second kappa shape index (κ2) is 7.87. The molecule has 1 unspecified atom stereocenters. The topological polar surface area (TPSA) is 116 Å². The highest BCUT2D eigenvalue weighted by molar-refractivity contribution is 6.02. The molecule has 0 radical (unpaired) electrons. The predicted molar refractivity (Wildman–Crippen MR) is 103 cm³/mol. The van der Waals surface area contributed by atoms with Crippen molar-refractivity contribution in [2.45, 2.75) is 13.0 Å². The number of carbonyl (C=O) groups is 1. The number of methoxy groups -OCH3 is 2. The molecule has 3 aromatic rings. The van der Waals surface area contributed by atoms with Crippen LogP contribution in [-0.4, -0.2) is 30.6 Å². The number of nitro benzene ring substituents is 1. The number of hydrogen-bond acceptors (Lipinski definition) is 7. The first kappa shape index (κ1) is 19.0. The molecule has 28 heavy (non-hydrogen) atoms. The molecular weight excluding hydrogens is 366 g/mol. The molecule has 146 valence electrons. The van der Waals surface area contributed by atoms with E-state index in [1.54, 1.807) is 37.4 Å². The maximum absolute atomic E-state index is 11.4. The SMILES string of the molecule is COc1cccc(Nc2ccc([N+](=O)[O-])c3[nH]cc(C(C)OC=O)c23)c1OC. The summed E-state index contributed by atoms with van der Waals surface area (Å²) in [6.07, 6.45) is 1.00. The number of nitro groups is 1. The van der Waals surface area contributed by atoms with Gasteiger partial charge >= 0.3 is 0 Å². The molecular formula is C19H19N3O6. The first-order valence-corrected chi connectivity index (χ1v) is 8.37. The standard InChI is InChI=1S/C19H19N3O6/c1-11(28-10-23)12-9-20-18-15(22(24)25)8-7-13(17(12)18)21-14-5-4-6-16(26-2)19(14)27-3/h4-11,20-21H,1-3H3. The van der Waals surface area contributed by atoms with Crippen molar-refractivity contribution < 1.29 is 23.9 Å². The number of anilines is 2. The van der Waals surface area contributed by atoms with Crippen LogP contribution in [0.5, 0.6) is 11.5 Å². The third-order valence-electron chi connectivity index (χ3n) is 4.41. The number of H-pyrrole nitrogens is 1. The third kappa shape index (κ3) is 3.29. The molecule has 1 aromatic heterocycles. The summed E-state index contributed by atoms with van der Waals surface area (Å²) in [6.45, 7) is 2.03. The molecule has 2 aromatic carbocycles. The van der Waals surface area contributed by atoms with E-state index in [1.165, 1.54) is 20.3 Å². The summed E-state index contributed by atoms with van der Waals surface area (Å²) in [5.74, 6) is 1.03. The number of carbonyl (C=O) groups excluding carboxylic acids is 1. The Labute approximate surface area is 160 Å². The number of nitrogens with one attached hydrogen (secondary N) is 2. The van der Waals surface area contributed by atoms with Gasteiger partial charge in [-0.05, 0) is 25.1 Å². The van der Waals surface area contributed by atoms with Crippen molar-refractivity contribution in [3.05, 3.63) is 52.2 Å². The van der Waals surface area contributed by atoms with E-state index in [1.807, 2.05) is 0 Å². The van der Waals surface area contributed by atoms with Crippen molar-refractivity contribution in [1.29, 1.82) is 0 Å². The number of fused-ring (bicyclic) bond motifs is 1. The van der Waals surface area contributed by atoms with Crippen LogP contribution in [0.1, 0.15) is 18.6 Å². The van der Waals surface area contributed by atoms with Crippen molar-refractivity contribution in [2.24, 2.45) is 0 Å². The fourth-order valence-corrected chi connectivity index (χ4v) is 3.12. The van der Waals surface area contributed by atoms with Gasteiger partial charge in [0.05, 0.1) is 24.8 Å². The molecule has 0 saturated carbocycles. The minimum Gasteiger partial charge on any atom is -0.493 e. The van der Waals surface area contributed by atoms with Gasteiger partial charge in [0, 0.05) is 28.9 Å². The van der Waals surface area contributed by atoms with Gasteiger partial charge in [0.15, 0.2) is 11.5 Å². The number of aromatic amines is 1. The maximum atomic E-state index is 11.4. The van der Waals surface area contributed by atoms with Crippen LogP contribution < -0.4 is 14.8 Å². The van der Waals surface area contributed by atoms with E-state index in [4.69, 9.17) is 14.2 Å². The molecule has 0 aliphatic heterocycles. The molecule has 1 heterocycles. The lowest BCUT2D eigenvalue weighted by molar-refractivity contribution is -0.383. The number of nitrogens with zero attached hydrogens (tertiary/aromatic N) is 1. The molecule has 9 heteroatoms. The first-order chi connectivity index (χ1) is 13.5. The molecule has 0 spiro atoms. The molecule has 0 saturated heterocycles. The average molecular weight is 385 g/mol. The van der Waals surface area contributed by atoms with Crippen LogP contribution in [0.4, 0.5) is 17.1 Å². The van der Waals surface area contributed by atoms with E-state index in [9.17, 15) is 14.9 Å². The lowest BCUT2D eigenvalue weighted by atomic mass is 10.1. The summed E-state index contributed by atoms with van der Waals surface area (Å²) >= 11 is 0. The van der Waals surface area contributed by atoms with Gasteiger partial charge in [0.25, 0.3) is 12.2 Å². The maximum Gasteiger partial charge on any atom is 0.293 e. The lowest BCUT2D eigenvalue weighted by Crippen LogP contribution is -2.01. The van der Waals surface area contributed by atoms with E-state index in [0.29, 0.717) is 45.8 Å². The number of benzene rings is 2. The van der Waals surface area contributed by atoms with Gasteiger partial charge < -0.3 is 24.5 Å². The Kier molecular flexibility index (Phi) is 5.35. The highest BCUT2D eigenvalue weighted by Gasteiger charge is 2.23. The molecule has 0 amide bonds. The Bertz CT molecular complexity index is 1030. The summed E-state index contributed by atoms with van der Waals surface area (Å²) in [5.41, 5.74) is 2.06. The van der Waals surface area contributed by atoms with Gasteiger partial charge in [-0.25, -0.2) is 0 Å². The Morgan fingerprint density at radius 1 is 1.18 bits per heavy atom. The summed E-state index contributed by atoms with van der Waals surface area (Å²) in [5, 5.41) is 15.2. The predicted octanol–water partition coefficient (Wildman–Crippen LogP) is 4.07. The van der Waals surface area contributed by atoms with E-state index in [2.05, 4.69) is 10.3 Å². The molecule has 0 aliphatic rings. The van der Waals surface area contributed by atoms with Crippen LogP contribution in [0.3, 0.4) is 0 Å². The quantitative estimate of drug-likeness (QED) is 0.341. The first-order valence-electron chi connectivity index (χ1n) is 8.37. The van der Waals surface area contributed by atoms with Crippen LogP contribution in [0.2, 0.25) is 0 Å². The average Bonchev–Trinajstić information content (AvgIpc) is 3.13. The molecule has 1 atom stereocenters. The summed E-state index contributed by atoms with van der Waals surface area (Å²) < 4.78 is 15.8. The Balaban J connectivity index is 2.19. The van der Waals surface area contributed by atoms with Gasteiger partial charge in [-0.15, -0.1) is 0 Å². The van der Waals surface area contributed by atoms with Crippen molar-refractivity contribution in [1.82, 2.24) is 4.98 Å². The van der Waals surface area contributed by atoms with Gasteiger partial charge in [-0.1, -0.05) is 6.07 Å². The van der Waals surface area contributed by atoms with Gasteiger partial charge in [-0.3, -0.25) is 14.9 Å². The van der Waals surface area contributed by atoms with E-state index >= 15 is 0 Å². The molecule has 0 fully saturated rings. The zero-order valence-electron chi connectivity index (χ0n) is 15.5. The third-order valence-corrected chi connectivity index (χ3v) is 4.41. The number of hydrogen-bond donors (Lipinski definition) is 2. The number of non-ortho nitro benzene ring substituents is 1. The van der Waals surface area contributed by atoms with Crippen molar-refractivity contribution in [2.75, 3.05) is 19.5 Å². The van der Waals surface area contributed by atoms with Crippen LogP contribution >= 0.6 is 0 Å². The van der Waals surface area contributed by atoms with Gasteiger partial charge in [-0.2, -0.15) is 0 Å². The van der Waals surface area contributed by atoms with E-state index in [-0.39, 0.29) is 5.69 Å². The fourth-order valence-electron chi connectivity index (χ4n) is 3.12. The number of aromatic nitrogens is 1. The molecule has 9 nitrogen and oxygen atoms in total. The number of para-hydroxylation sites is 1. The fraction of sp³-hybridized carbons (Fsp3) is 0.211. The van der Waals surface area contributed by atoms with Crippen molar-refractivity contribution in [3.63, 3.8) is 0 Å². The van der Waals surface area contributed by atoms with Gasteiger partial charge in [0.1, 0.15) is 11.6 Å². The second-order valence-electron chi connectivity index (χ2n) is 5.92.